The minimum absolute atomic E-state index is 0.0330. The molecule has 79 heavy (non-hydrogen) atoms. The van der Waals surface area contributed by atoms with Crippen LogP contribution in [0.15, 0.2) is 97.1 Å². The zero-order valence-corrected chi connectivity index (χ0v) is 47.8. The molecule has 5 aromatic carbocycles. The van der Waals surface area contributed by atoms with Gasteiger partial charge in [0, 0.05) is 103 Å². The van der Waals surface area contributed by atoms with Crippen LogP contribution in [0.3, 0.4) is 0 Å². The molecule has 0 saturated heterocycles. The lowest BCUT2D eigenvalue weighted by Crippen LogP contribution is -2.51. The van der Waals surface area contributed by atoms with Crippen LogP contribution in [0.4, 0.5) is 21.9 Å². The van der Waals surface area contributed by atoms with Gasteiger partial charge in [0.25, 0.3) is 5.91 Å². The first-order valence-corrected chi connectivity index (χ1v) is 29.4. The first kappa shape index (κ1) is 60.8. The SMILES string of the molecule is COCCN(CCN(C)OCc1ccc(NC(=O)[C@H](CCCN)NC(=O)[C@@H](N)C(C)C)cc1)C(=O)Oc1cc(N)c([C@H](CCl)CCc2ccc(C(=O)N3C[C@@H](CCl)c4c3cc(OP(=O)(O)O)c3ccccc43)s2)c2ccccc12. The van der Waals surface area contributed by atoms with Crippen molar-refractivity contribution in [3.63, 3.8) is 0 Å². The Bertz CT molecular complexity index is 3150. The molecule has 2 heterocycles. The average molecular weight is 1160 g/mol. The predicted octanol–water partition coefficient (Wildman–Crippen LogP) is 8.70. The highest BCUT2D eigenvalue weighted by Gasteiger charge is 2.37. The number of fused-ring (bicyclic) bond motifs is 4. The largest absolute Gasteiger partial charge is 0.524 e. The summed E-state index contributed by atoms with van der Waals surface area (Å²) in [6.07, 6.45) is 1.45. The summed E-state index contributed by atoms with van der Waals surface area (Å²) in [5, 5.41) is 9.90. The van der Waals surface area contributed by atoms with E-state index in [9.17, 15) is 33.5 Å². The summed E-state index contributed by atoms with van der Waals surface area (Å²) in [6, 6.07) is 27.1. The number of thiophene rings is 1. The third-order valence-electron chi connectivity index (χ3n) is 13.8. The number of ether oxygens (including phenoxy) is 2. The number of benzene rings is 5. The van der Waals surface area contributed by atoms with Crippen molar-refractivity contribution < 1.29 is 52.4 Å². The molecule has 0 fully saturated rings. The minimum atomic E-state index is -4.93. The highest BCUT2D eigenvalue weighted by atomic mass is 35.5. The lowest BCUT2D eigenvalue weighted by molar-refractivity contribution is -0.152. The van der Waals surface area contributed by atoms with Gasteiger partial charge in [0.15, 0.2) is 0 Å². The summed E-state index contributed by atoms with van der Waals surface area (Å²) in [4.78, 5) is 84.0. The number of aryl methyl sites for hydroxylation is 1. The molecule has 0 saturated carbocycles. The number of anilines is 3. The van der Waals surface area contributed by atoms with E-state index in [1.54, 1.807) is 60.5 Å². The number of nitrogens with zero attached hydrogens (tertiary/aromatic N) is 3. The fourth-order valence-corrected chi connectivity index (χ4v) is 11.4. The number of rotatable bonds is 27. The van der Waals surface area contributed by atoms with Crippen LogP contribution in [-0.2, 0) is 36.8 Å². The van der Waals surface area contributed by atoms with Gasteiger partial charge in [0.2, 0.25) is 11.8 Å². The molecule has 0 radical (unpaired) electrons. The Morgan fingerprint density at radius 3 is 2.22 bits per heavy atom. The van der Waals surface area contributed by atoms with E-state index >= 15 is 0 Å². The molecule has 7 rings (SSSR count). The Balaban J connectivity index is 0.965. The third-order valence-corrected chi connectivity index (χ3v) is 16.1. The highest BCUT2D eigenvalue weighted by Crippen LogP contribution is 2.50. The maximum atomic E-state index is 14.3. The number of phosphoric acid groups is 1. The second-order valence-electron chi connectivity index (χ2n) is 19.7. The van der Waals surface area contributed by atoms with Gasteiger partial charge in [-0.05, 0) is 89.9 Å². The molecule has 23 heteroatoms. The van der Waals surface area contributed by atoms with Crippen LogP contribution in [0.2, 0.25) is 0 Å². The minimum Gasteiger partial charge on any atom is -0.409 e. The van der Waals surface area contributed by atoms with Crippen LogP contribution in [0.1, 0.15) is 76.2 Å². The molecule has 424 valence electrons. The summed E-state index contributed by atoms with van der Waals surface area (Å²) in [5.41, 5.74) is 22.4. The number of carbonyl (C=O) groups is 4. The summed E-state index contributed by atoms with van der Waals surface area (Å²) in [7, 11) is -1.62. The van der Waals surface area contributed by atoms with Crippen molar-refractivity contribution in [3.05, 3.63) is 124 Å². The lowest BCUT2D eigenvalue weighted by Gasteiger charge is -2.26. The van der Waals surface area contributed by atoms with Crippen LogP contribution >= 0.6 is 42.4 Å². The number of nitrogens with two attached hydrogens (primary N) is 3. The molecular weight excluding hydrogens is 1090 g/mol. The van der Waals surface area contributed by atoms with E-state index in [0.717, 1.165) is 27.0 Å². The van der Waals surface area contributed by atoms with E-state index in [1.165, 1.54) is 22.3 Å². The molecule has 1 aliphatic heterocycles. The Morgan fingerprint density at radius 1 is 0.886 bits per heavy atom. The number of halogens is 2. The van der Waals surface area contributed by atoms with Gasteiger partial charge in [-0.1, -0.05) is 74.5 Å². The normalized spacial score (nSPS) is 14.6. The molecule has 10 N–H and O–H groups in total. The molecule has 0 aliphatic carbocycles. The van der Waals surface area contributed by atoms with Gasteiger partial charge in [-0.25, -0.2) is 9.36 Å². The first-order chi connectivity index (χ1) is 37.8. The van der Waals surface area contributed by atoms with Gasteiger partial charge in [-0.15, -0.1) is 34.5 Å². The lowest BCUT2D eigenvalue weighted by atomic mass is 9.89. The standard InChI is InChI=1S/C56H69Cl2N8O11PS/c1-34(2)52(61)54(68)63-45(14-9-23-59)53(67)62-38-18-15-35(16-19-38)33-75-64(3)24-25-65(26-27-74-4)56(70)76-47-28-44(60)50(42-12-7-5-10-40(42)47)36(30-57)17-20-39-21-22-49(79-39)55(69)66-32-37(31-58)51-43-13-8-6-11-41(43)48(29-46(51)66)77-78(71,72)73/h5-8,10-13,15-16,18-19,21-22,28-29,34,36-37,45,52H,9,14,17,20,23-27,30-33,59-61H2,1-4H3,(H,62,67)(H,63,68)(H2,71,72,73)/t36-,37+,45-,52-/m0/s1. The number of methoxy groups -OCH3 is 1. The number of alkyl halides is 2. The summed E-state index contributed by atoms with van der Waals surface area (Å²) in [6.45, 7) is 5.57. The highest BCUT2D eigenvalue weighted by molar-refractivity contribution is 7.46. The number of carbonyl (C=O) groups excluding carboxylic acids is 4. The zero-order chi connectivity index (χ0) is 57.0. The Labute approximate surface area is 473 Å². The first-order valence-electron chi connectivity index (χ1n) is 25.9. The van der Waals surface area contributed by atoms with Crippen LogP contribution in [0, 0.1) is 5.92 Å². The second kappa shape index (κ2) is 28.0. The zero-order valence-electron chi connectivity index (χ0n) is 44.6. The maximum Gasteiger partial charge on any atom is 0.524 e. The number of phosphoric ester groups is 1. The number of likely N-dealkylation sites (N-methyl/N-ethyl adjacent to an activating group) is 1. The number of amides is 4. The number of hydroxylamine groups is 2. The van der Waals surface area contributed by atoms with Crippen molar-refractivity contribution in [1.82, 2.24) is 15.3 Å². The molecule has 1 aliphatic rings. The Hall–Kier alpha value is -5.87. The van der Waals surface area contributed by atoms with Crippen molar-refractivity contribution in [2.24, 2.45) is 17.4 Å². The van der Waals surface area contributed by atoms with Crippen LogP contribution in [0.5, 0.6) is 11.5 Å². The second-order valence-corrected chi connectivity index (χ2v) is 22.7. The number of nitrogen functional groups attached to an aromatic ring is 1. The molecule has 0 bridgehead atoms. The van der Waals surface area contributed by atoms with Crippen molar-refractivity contribution in [3.8, 4) is 11.5 Å². The molecule has 4 amide bonds. The summed E-state index contributed by atoms with van der Waals surface area (Å²) < 4.78 is 28.5. The van der Waals surface area contributed by atoms with Crippen molar-refractivity contribution in [2.75, 3.05) is 81.2 Å². The van der Waals surface area contributed by atoms with Gasteiger partial charge in [-0.3, -0.25) is 29.0 Å². The molecule has 19 nitrogen and oxygen atoms in total. The van der Waals surface area contributed by atoms with E-state index < -0.39 is 31.9 Å². The van der Waals surface area contributed by atoms with Gasteiger partial charge in [0.1, 0.15) is 17.5 Å². The quantitative estimate of drug-likeness (QED) is 0.0110. The van der Waals surface area contributed by atoms with Gasteiger partial charge < -0.3 is 51.6 Å². The van der Waals surface area contributed by atoms with Crippen molar-refractivity contribution in [1.29, 1.82) is 0 Å². The molecule has 6 aromatic rings. The van der Waals surface area contributed by atoms with Crippen LogP contribution < -0.4 is 42.0 Å². The van der Waals surface area contributed by atoms with E-state index in [1.807, 2.05) is 68.4 Å². The molecule has 0 spiro atoms. The van der Waals surface area contributed by atoms with Crippen molar-refractivity contribution >= 4 is 105 Å². The van der Waals surface area contributed by atoms with Crippen LogP contribution in [0.25, 0.3) is 21.5 Å². The average Bonchev–Trinajstić information content (AvgIpc) is 4.09. The number of hydrogen-bond acceptors (Lipinski definition) is 14. The Kier molecular flexibility index (Phi) is 21.5. The van der Waals surface area contributed by atoms with Gasteiger partial charge >= 0.3 is 13.9 Å². The van der Waals surface area contributed by atoms with Crippen LogP contribution in [-0.4, -0.2) is 121 Å². The molecule has 4 atom stereocenters. The van der Waals surface area contributed by atoms with E-state index in [0.29, 0.717) is 76.9 Å². The van der Waals surface area contributed by atoms with Gasteiger partial charge in [-0.2, -0.15) is 5.06 Å². The van der Waals surface area contributed by atoms with Crippen molar-refractivity contribution in [2.45, 2.75) is 70.1 Å². The maximum absolute atomic E-state index is 14.3. The topological polar surface area (TPSA) is 275 Å². The van der Waals surface area contributed by atoms with E-state index in [-0.39, 0.29) is 85.7 Å². The smallest absolute Gasteiger partial charge is 0.409 e. The summed E-state index contributed by atoms with van der Waals surface area (Å²) >= 11 is 14.5. The molecule has 0 unspecified atom stereocenters. The fourth-order valence-electron chi connectivity index (χ4n) is 9.48. The molecule has 1 aromatic heterocycles. The Morgan fingerprint density at radius 2 is 1.57 bits per heavy atom. The summed E-state index contributed by atoms with van der Waals surface area (Å²) in [5.74, 6) is -0.877. The number of nitrogens with one attached hydrogen (secondary N) is 2. The number of hydrogen-bond donors (Lipinski definition) is 7. The predicted molar refractivity (Wildman–Crippen MR) is 311 cm³/mol. The van der Waals surface area contributed by atoms with E-state index in [4.69, 9.17) is 59.2 Å². The van der Waals surface area contributed by atoms with E-state index in [2.05, 4.69) is 10.6 Å². The monoisotopic (exact) mass is 1160 g/mol. The molecular formula is C56H69Cl2N8O11PS. The third kappa shape index (κ3) is 15.5. The van der Waals surface area contributed by atoms with Gasteiger partial charge in [0.05, 0.1) is 29.8 Å². The fraction of sp³-hybridized carbons (Fsp3) is 0.393.